The summed E-state index contributed by atoms with van der Waals surface area (Å²) in [5.74, 6) is 0.546. The normalized spacial score (nSPS) is 24.3. The molecule has 0 aromatic carbocycles. The standard InChI is InChI=1S/C20H29NO4S/c22-11-7-12-24-19-15-16(18-8-6-13-26-18)14-17(25-19)20(23)21-9-4-2-1-3-5-10-21/h6,8,13-14,16,19,22H,1-5,7,9-12,15H2/t16-,19+/m0/s1. The van der Waals surface area contributed by atoms with Gasteiger partial charge in [0.15, 0.2) is 5.76 Å². The lowest BCUT2D eigenvalue weighted by atomic mass is 9.99. The Labute approximate surface area is 159 Å². The molecule has 2 atom stereocenters. The van der Waals surface area contributed by atoms with Gasteiger partial charge in [-0.1, -0.05) is 25.3 Å². The van der Waals surface area contributed by atoms with E-state index < -0.39 is 6.29 Å². The van der Waals surface area contributed by atoms with E-state index in [4.69, 9.17) is 14.6 Å². The second kappa shape index (κ2) is 10.1. The highest BCUT2D eigenvalue weighted by Gasteiger charge is 2.31. The summed E-state index contributed by atoms with van der Waals surface area (Å²) in [6.07, 6.45) is 8.57. The van der Waals surface area contributed by atoms with E-state index in [-0.39, 0.29) is 18.4 Å². The molecular weight excluding hydrogens is 350 g/mol. The highest BCUT2D eigenvalue weighted by molar-refractivity contribution is 7.10. The first-order chi connectivity index (χ1) is 12.8. The maximum absolute atomic E-state index is 13.0. The lowest BCUT2D eigenvalue weighted by molar-refractivity contribution is -0.153. The molecule has 0 saturated carbocycles. The third-order valence-electron chi connectivity index (χ3n) is 4.93. The number of hydrogen-bond acceptors (Lipinski definition) is 5. The summed E-state index contributed by atoms with van der Waals surface area (Å²) in [6.45, 7) is 2.14. The molecule has 0 aliphatic carbocycles. The van der Waals surface area contributed by atoms with Gasteiger partial charge in [-0.05, 0) is 36.8 Å². The predicted octanol–water partition coefficient (Wildman–Crippen LogP) is 3.65. The SMILES string of the molecule is O=C(C1=C[C@H](c2cccs2)C[C@H](OCCCO)O1)N1CCCCCCC1. The van der Waals surface area contributed by atoms with Crippen molar-refractivity contribution in [3.63, 3.8) is 0 Å². The summed E-state index contributed by atoms with van der Waals surface area (Å²) in [5, 5.41) is 11.0. The van der Waals surface area contributed by atoms with E-state index in [1.165, 1.54) is 24.1 Å². The zero-order valence-corrected chi connectivity index (χ0v) is 16.1. The number of rotatable bonds is 6. The Bertz CT molecular complexity index is 579. The molecule has 1 amide bonds. The molecule has 3 rings (SSSR count). The van der Waals surface area contributed by atoms with Gasteiger partial charge in [-0.3, -0.25) is 4.79 Å². The molecule has 1 aromatic heterocycles. The third kappa shape index (κ3) is 5.32. The fourth-order valence-electron chi connectivity index (χ4n) is 3.50. The van der Waals surface area contributed by atoms with E-state index in [0.717, 1.165) is 25.9 Å². The first-order valence-electron chi connectivity index (χ1n) is 9.71. The van der Waals surface area contributed by atoms with Crippen molar-refractivity contribution < 1.29 is 19.4 Å². The molecule has 1 aromatic rings. The van der Waals surface area contributed by atoms with Crippen LogP contribution in [0.5, 0.6) is 0 Å². The molecule has 26 heavy (non-hydrogen) atoms. The van der Waals surface area contributed by atoms with Crippen molar-refractivity contribution in [3.8, 4) is 0 Å². The number of allylic oxidation sites excluding steroid dienone is 1. The van der Waals surface area contributed by atoms with Gasteiger partial charge in [-0.15, -0.1) is 11.3 Å². The fraction of sp³-hybridized carbons (Fsp3) is 0.650. The lowest BCUT2D eigenvalue weighted by Gasteiger charge is -2.32. The molecule has 2 aliphatic heterocycles. The summed E-state index contributed by atoms with van der Waals surface area (Å²) in [7, 11) is 0. The fourth-order valence-corrected chi connectivity index (χ4v) is 4.31. The molecule has 3 heterocycles. The summed E-state index contributed by atoms with van der Waals surface area (Å²) < 4.78 is 11.7. The number of likely N-dealkylation sites (tertiary alicyclic amines) is 1. The first kappa shape index (κ1) is 19.4. The summed E-state index contributed by atoms with van der Waals surface area (Å²) in [4.78, 5) is 16.2. The lowest BCUT2D eigenvalue weighted by Crippen LogP contribution is -2.38. The molecule has 2 aliphatic rings. The van der Waals surface area contributed by atoms with Gasteiger partial charge < -0.3 is 19.5 Å². The Morgan fingerprint density at radius 1 is 1.27 bits per heavy atom. The smallest absolute Gasteiger partial charge is 0.288 e. The first-order valence-corrected chi connectivity index (χ1v) is 10.6. The van der Waals surface area contributed by atoms with E-state index in [0.29, 0.717) is 25.2 Å². The van der Waals surface area contributed by atoms with Crippen LogP contribution in [0.3, 0.4) is 0 Å². The third-order valence-corrected chi connectivity index (χ3v) is 5.93. The highest BCUT2D eigenvalue weighted by Crippen LogP contribution is 2.34. The minimum absolute atomic E-state index is 0.0103. The quantitative estimate of drug-likeness (QED) is 0.767. The van der Waals surface area contributed by atoms with Crippen molar-refractivity contribution in [3.05, 3.63) is 34.2 Å². The van der Waals surface area contributed by atoms with Crippen LogP contribution in [0.2, 0.25) is 0 Å². The number of thiophene rings is 1. The average Bonchev–Trinajstić information content (AvgIpc) is 3.16. The number of nitrogens with zero attached hydrogens (tertiary/aromatic N) is 1. The maximum atomic E-state index is 13.0. The predicted molar refractivity (Wildman–Crippen MR) is 102 cm³/mol. The Kier molecular flexibility index (Phi) is 7.53. The van der Waals surface area contributed by atoms with E-state index in [1.54, 1.807) is 11.3 Å². The molecule has 1 saturated heterocycles. The van der Waals surface area contributed by atoms with E-state index >= 15 is 0 Å². The van der Waals surface area contributed by atoms with Crippen molar-refractivity contribution in [2.45, 2.75) is 57.2 Å². The van der Waals surface area contributed by atoms with Gasteiger partial charge in [0.25, 0.3) is 5.91 Å². The van der Waals surface area contributed by atoms with Gasteiger partial charge in [0.05, 0.1) is 6.61 Å². The van der Waals surface area contributed by atoms with Gasteiger partial charge >= 0.3 is 0 Å². The molecule has 0 radical (unpaired) electrons. The van der Waals surface area contributed by atoms with Crippen LogP contribution in [0, 0.1) is 0 Å². The molecule has 0 bridgehead atoms. The number of carbonyl (C=O) groups is 1. The van der Waals surface area contributed by atoms with Crippen LogP contribution in [0.25, 0.3) is 0 Å². The number of aliphatic hydroxyl groups is 1. The van der Waals surface area contributed by atoms with Gasteiger partial charge in [-0.25, -0.2) is 0 Å². The van der Waals surface area contributed by atoms with Gasteiger partial charge in [0.2, 0.25) is 6.29 Å². The number of aliphatic hydroxyl groups excluding tert-OH is 1. The molecule has 6 heteroatoms. The van der Waals surface area contributed by atoms with E-state index in [1.807, 2.05) is 17.0 Å². The van der Waals surface area contributed by atoms with Crippen LogP contribution in [-0.4, -0.2) is 48.5 Å². The van der Waals surface area contributed by atoms with Crippen molar-refractivity contribution in [2.24, 2.45) is 0 Å². The molecular formula is C20H29NO4S. The second-order valence-corrected chi connectivity index (χ2v) is 7.92. The zero-order chi connectivity index (χ0) is 18.2. The Balaban J connectivity index is 1.72. The van der Waals surface area contributed by atoms with E-state index in [9.17, 15) is 4.79 Å². The van der Waals surface area contributed by atoms with Crippen molar-refractivity contribution in [1.82, 2.24) is 4.90 Å². The topological polar surface area (TPSA) is 59.0 Å². The number of ether oxygens (including phenoxy) is 2. The van der Waals surface area contributed by atoms with Crippen LogP contribution in [-0.2, 0) is 14.3 Å². The largest absolute Gasteiger partial charge is 0.459 e. The Hall–Kier alpha value is -1.37. The van der Waals surface area contributed by atoms with Gasteiger partial charge in [0.1, 0.15) is 0 Å². The van der Waals surface area contributed by atoms with Crippen LogP contribution in [0.15, 0.2) is 29.3 Å². The van der Waals surface area contributed by atoms with Gasteiger partial charge in [0, 0.05) is 36.9 Å². The van der Waals surface area contributed by atoms with Crippen molar-refractivity contribution in [2.75, 3.05) is 26.3 Å². The van der Waals surface area contributed by atoms with Crippen LogP contribution in [0.4, 0.5) is 0 Å². The monoisotopic (exact) mass is 379 g/mol. The minimum Gasteiger partial charge on any atom is -0.459 e. The van der Waals surface area contributed by atoms with Crippen molar-refractivity contribution in [1.29, 1.82) is 0 Å². The molecule has 1 N–H and O–H groups in total. The number of amides is 1. The molecule has 0 spiro atoms. The van der Waals surface area contributed by atoms with Crippen molar-refractivity contribution >= 4 is 17.2 Å². The minimum atomic E-state index is -0.438. The van der Waals surface area contributed by atoms with Gasteiger partial charge in [-0.2, -0.15) is 0 Å². The second-order valence-electron chi connectivity index (χ2n) is 6.94. The zero-order valence-electron chi connectivity index (χ0n) is 15.3. The van der Waals surface area contributed by atoms with Crippen LogP contribution < -0.4 is 0 Å². The number of hydrogen-bond donors (Lipinski definition) is 1. The highest BCUT2D eigenvalue weighted by atomic mass is 32.1. The maximum Gasteiger partial charge on any atom is 0.288 e. The average molecular weight is 380 g/mol. The van der Waals surface area contributed by atoms with E-state index in [2.05, 4.69) is 11.4 Å². The number of carbonyl (C=O) groups excluding carboxylic acids is 1. The summed E-state index contributed by atoms with van der Waals surface area (Å²) >= 11 is 1.69. The summed E-state index contributed by atoms with van der Waals surface area (Å²) in [6, 6.07) is 4.13. The van der Waals surface area contributed by atoms with Crippen LogP contribution >= 0.6 is 11.3 Å². The summed E-state index contributed by atoms with van der Waals surface area (Å²) in [5.41, 5.74) is 0. The molecule has 144 valence electrons. The molecule has 1 fully saturated rings. The Morgan fingerprint density at radius 2 is 2.04 bits per heavy atom. The Morgan fingerprint density at radius 3 is 2.73 bits per heavy atom. The van der Waals surface area contributed by atoms with Crippen LogP contribution in [0.1, 0.15) is 55.7 Å². The molecule has 0 unspecified atom stereocenters. The molecule has 5 nitrogen and oxygen atoms in total.